The van der Waals surface area contributed by atoms with Gasteiger partial charge in [0.25, 0.3) is 0 Å². The van der Waals surface area contributed by atoms with E-state index in [9.17, 15) is 0 Å². The Morgan fingerprint density at radius 3 is 2.68 bits per heavy atom. The van der Waals surface area contributed by atoms with E-state index in [0.29, 0.717) is 0 Å². The van der Waals surface area contributed by atoms with Crippen molar-refractivity contribution >= 4 is 0 Å². The second kappa shape index (κ2) is 8.06. The Hall–Kier alpha value is -1.71. The molecule has 0 unspecified atom stereocenters. The molecule has 3 rings (SSSR count). The normalized spacial score (nSPS) is 15.3. The van der Waals surface area contributed by atoms with Crippen molar-refractivity contribution in [3.05, 3.63) is 54.2 Å². The molecule has 0 radical (unpaired) electrons. The molecular formula is C19H23NO2. The third-order valence-electron chi connectivity index (χ3n) is 3.98. The van der Waals surface area contributed by atoms with Gasteiger partial charge in [-0.1, -0.05) is 30.7 Å². The van der Waals surface area contributed by atoms with Gasteiger partial charge in [-0.3, -0.25) is 4.98 Å². The molecule has 1 saturated heterocycles. The molecule has 0 bridgehead atoms. The maximum Gasteiger partial charge on any atom is 0.157 e. The summed E-state index contributed by atoms with van der Waals surface area (Å²) < 4.78 is 10.9. The fourth-order valence-electron chi connectivity index (χ4n) is 2.81. The number of rotatable bonds is 7. The predicted molar refractivity (Wildman–Crippen MR) is 87.5 cm³/mol. The first kappa shape index (κ1) is 15.2. The predicted octanol–water partition coefficient (Wildman–Crippen LogP) is 4.22. The first-order valence-electron chi connectivity index (χ1n) is 8.15. The summed E-state index contributed by atoms with van der Waals surface area (Å²) in [6.45, 7) is 1.51. The van der Waals surface area contributed by atoms with Gasteiger partial charge in [0.15, 0.2) is 6.29 Å². The van der Waals surface area contributed by atoms with E-state index in [-0.39, 0.29) is 6.29 Å². The van der Waals surface area contributed by atoms with Gasteiger partial charge in [-0.05, 0) is 49.4 Å². The second-order valence-corrected chi connectivity index (χ2v) is 5.69. The van der Waals surface area contributed by atoms with Crippen molar-refractivity contribution < 1.29 is 9.47 Å². The van der Waals surface area contributed by atoms with Crippen LogP contribution in [-0.2, 0) is 15.9 Å². The summed E-state index contributed by atoms with van der Waals surface area (Å²) in [5.74, 6) is 0. The molecule has 0 saturated carbocycles. The molecule has 2 heterocycles. The molecule has 3 nitrogen and oxygen atoms in total. The number of ether oxygens (including phenoxy) is 2. The second-order valence-electron chi connectivity index (χ2n) is 5.69. The van der Waals surface area contributed by atoms with Crippen LogP contribution in [-0.4, -0.2) is 24.5 Å². The van der Waals surface area contributed by atoms with Crippen molar-refractivity contribution in [3.8, 4) is 11.3 Å². The quantitative estimate of drug-likeness (QED) is 0.717. The van der Waals surface area contributed by atoms with Gasteiger partial charge >= 0.3 is 0 Å². The number of benzene rings is 1. The van der Waals surface area contributed by atoms with Crippen LogP contribution >= 0.6 is 0 Å². The minimum absolute atomic E-state index is 0.0486. The van der Waals surface area contributed by atoms with Gasteiger partial charge < -0.3 is 9.47 Å². The molecule has 1 aromatic carbocycles. The van der Waals surface area contributed by atoms with Crippen molar-refractivity contribution in [2.45, 2.75) is 38.4 Å². The Bertz CT molecular complexity index is 565. The van der Waals surface area contributed by atoms with Crippen LogP contribution in [0.25, 0.3) is 11.3 Å². The lowest BCUT2D eigenvalue weighted by molar-refractivity contribution is -0.0479. The summed E-state index contributed by atoms with van der Waals surface area (Å²) in [4.78, 5) is 4.42. The van der Waals surface area contributed by atoms with Crippen LogP contribution in [0.1, 0.15) is 31.2 Å². The number of nitrogens with zero attached hydrogens (tertiary/aromatic N) is 1. The maximum atomic E-state index is 5.45. The molecule has 0 N–H and O–H groups in total. The molecule has 1 aromatic heterocycles. The summed E-state index contributed by atoms with van der Waals surface area (Å²) in [7, 11) is 0. The fourth-order valence-corrected chi connectivity index (χ4v) is 2.81. The van der Waals surface area contributed by atoms with Gasteiger partial charge in [-0.15, -0.1) is 0 Å². The Balaban J connectivity index is 1.44. The standard InChI is InChI=1S/C19H23NO2/c1(3-11-19-21-13-14-22-19)2-7-16-8-6-9-17(15-16)18-10-4-5-12-20-18/h4-6,8-10,12,15,19H,1-3,7,11,13-14H2. The van der Waals surface area contributed by atoms with Gasteiger partial charge in [0.1, 0.15) is 0 Å². The average Bonchev–Trinajstić information content (AvgIpc) is 3.09. The average molecular weight is 297 g/mol. The van der Waals surface area contributed by atoms with E-state index >= 15 is 0 Å². The number of aryl methyl sites for hydroxylation is 1. The van der Waals surface area contributed by atoms with Gasteiger partial charge in [0.2, 0.25) is 0 Å². The monoisotopic (exact) mass is 297 g/mol. The van der Waals surface area contributed by atoms with Crippen LogP contribution in [0.2, 0.25) is 0 Å². The fraction of sp³-hybridized carbons (Fsp3) is 0.421. The van der Waals surface area contributed by atoms with E-state index in [1.165, 1.54) is 30.4 Å². The maximum absolute atomic E-state index is 5.45. The van der Waals surface area contributed by atoms with Crippen LogP contribution in [0.15, 0.2) is 48.7 Å². The number of hydrogen-bond acceptors (Lipinski definition) is 3. The number of hydrogen-bond donors (Lipinski definition) is 0. The summed E-state index contributed by atoms with van der Waals surface area (Å²) in [5.41, 5.74) is 3.63. The molecular weight excluding hydrogens is 274 g/mol. The van der Waals surface area contributed by atoms with Gasteiger partial charge in [-0.2, -0.15) is 0 Å². The molecule has 2 aromatic rings. The van der Waals surface area contributed by atoms with E-state index in [2.05, 4.69) is 35.3 Å². The number of aromatic nitrogens is 1. The molecule has 0 atom stereocenters. The van der Waals surface area contributed by atoms with E-state index in [1.54, 1.807) is 0 Å². The van der Waals surface area contributed by atoms with Crippen molar-refractivity contribution in [1.82, 2.24) is 4.98 Å². The molecule has 1 fully saturated rings. The lowest BCUT2D eigenvalue weighted by atomic mass is 10.0. The van der Waals surface area contributed by atoms with Crippen LogP contribution in [0.3, 0.4) is 0 Å². The lowest BCUT2D eigenvalue weighted by Gasteiger charge is -2.08. The third-order valence-corrected chi connectivity index (χ3v) is 3.98. The van der Waals surface area contributed by atoms with E-state index < -0.39 is 0 Å². The highest BCUT2D eigenvalue weighted by atomic mass is 16.7. The van der Waals surface area contributed by atoms with Crippen molar-refractivity contribution in [1.29, 1.82) is 0 Å². The molecule has 0 amide bonds. The molecule has 0 aliphatic carbocycles. The molecule has 1 aliphatic rings. The van der Waals surface area contributed by atoms with Crippen LogP contribution in [0.5, 0.6) is 0 Å². The van der Waals surface area contributed by atoms with Crippen LogP contribution in [0, 0.1) is 0 Å². The highest BCUT2D eigenvalue weighted by Crippen LogP contribution is 2.19. The Morgan fingerprint density at radius 2 is 1.86 bits per heavy atom. The summed E-state index contributed by atoms with van der Waals surface area (Å²) in [5, 5.41) is 0. The molecule has 3 heteroatoms. The minimum Gasteiger partial charge on any atom is -0.350 e. The topological polar surface area (TPSA) is 31.4 Å². The van der Waals surface area contributed by atoms with Crippen LogP contribution in [0.4, 0.5) is 0 Å². The van der Waals surface area contributed by atoms with Crippen molar-refractivity contribution in [2.24, 2.45) is 0 Å². The van der Waals surface area contributed by atoms with Crippen molar-refractivity contribution in [2.75, 3.05) is 13.2 Å². The van der Waals surface area contributed by atoms with Gasteiger partial charge in [0, 0.05) is 11.8 Å². The number of pyridine rings is 1. The largest absolute Gasteiger partial charge is 0.350 e. The van der Waals surface area contributed by atoms with E-state index in [4.69, 9.17) is 9.47 Å². The minimum atomic E-state index is 0.0486. The molecule has 116 valence electrons. The van der Waals surface area contributed by atoms with E-state index in [1.807, 2.05) is 18.3 Å². The zero-order valence-electron chi connectivity index (χ0n) is 12.9. The third kappa shape index (κ3) is 4.39. The SMILES string of the molecule is c1ccc(-c2cccc(CCCCCC3OCCO3)c2)nc1. The van der Waals surface area contributed by atoms with E-state index in [0.717, 1.165) is 31.7 Å². The highest BCUT2D eigenvalue weighted by Gasteiger charge is 2.14. The first-order valence-corrected chi connectivity index (χ1v) is 8.15. The Kier molecular flexibility index (Phi) is 5.57. The zero-order valence-corrected chi connectivity index (χ0v) is 12.9. The first-order chi connectivity index (χ1) is 10.9. The summed E-state index contributed by atoms with van der Waals surface area (Å²) in [6, 6.07) is 14.7. The molecule has 1 aliphatic heterocycles. The molecule has 22 heavy (non-hydrogen) atoms. The van der Waals surface area contributed by atoms with Gasteiger partial charge in [0.05, 0.1) is 18.9 Å². The smallest absolute Gasteiger partial charge is 0.157 e. The van der Waals surface area contributed by atoms with Crippen molar-refractivity contribution in [3.63, 3.8) is 0 Å². The highest BCUT2D eigenvalue weighted by molar-refractivity contribution is 5.59. The Morgan fingerprint density at radius 1 is 0.955 bits per heavy atom. The summed E-state index contributed by atoms with van der Waals surface area (Å²) in [6.07, 6.45) is 7.63. The molecule has 0 spiro atoms. The summed E-state index contributed by atoms with van der Waals surface area (Å²) >= 11 is 0. The van der Waals surface area contributed by atoms with Gasteiger partial charge in [-0.25, -0.2) is 0 Å². The zero-order chi connectivity index (χ0) is 15.0. The van der Waals surface area contributed by atoms with Crippen LogP contribution < -0.4 is 0 Å². The lowest BCUT2D eigenvalue weighted by Crippen LogP contribution is -2.06. The Labute approximate surface area is 132 Å². The number of unbranched alkanes of at least 4 members (excludes halogenated alkanes) is 2.